The van der Waals surface area contributed by atoms with Crippen LogP contribution in [0.2, 0.25) is 0 Å². The molecule has 6 rings (SSSR count). The van der Waals surface area contributed by atoms with E-state index < -0.39 is 11.6 Å². The molecule has 6 nitrogen and oxygen atoms in total. The molecule has 0 fully saturated rings. The zero-order chi connectivity index (χ0) is 19.5. The van der Waals surface area contributed by atoms with Gasteiger partial charge < -0.3 is 9.97 Å². The molecule has 2 N–H and O–H groups in total. The summed E-state index contributed by atoms with van der Waals surface area (Å²) in [6.07, 6.45) is 0. The highest BCUT2D eigenvalue weighted by Gasteiger charge is 2.20. The minimum absolute atomic E-state index is 0.224. The monoisotopic (exact) mass is 386 g/mol. The van der Waals surface area contributed by atoms with Crippen molar-refractivity contribution >= 4 is 33.1 Å². The van der Waals surface area contributed by atoms with Crippen molar-refractivity contribution in [2.24, 2.45) is 0 Å². The van der Waals surface area contributed by atoms with E-state index in [4.69, 9.17) is 0 Å². The van der Waals surface area contributed by atoms with E-state index in [2.05, 4.69) is 24.9 Å². The summed E-state index contributed by atoms with van der Waals surface area (Å²) in [4.78, 5) is 20.0. The molecule has 0 saturated carbocycles. The SMILES string of the molecule is Fc1ccc2c(c1)nc(-c1nc3ccccc3[nH]1)n2-c1nc2c(F)cccc2[nH]1. The summed E-state index contributed by atoms with van der Waals surface area (Å²) in [5.74, 6) is 0.499. The summed E-state index contributed by atoms with van der Waals surface area (Å²) in [5, 5.41) is 0. The molecule has 140 valence electrons. The number of nitrogens with one attached hydrogen (secondary N) is 2. The molecule has 0 bridgehead atoms. The Balaban J connectivity index is 1.69. The molecule has 3 aromatic heterocycles. The number of aromatic nitrogens is 6. The molecule has 0 saturated heterocycles. The van der Waals surface area contributed by atoms with Crippen molar-refractivity contribution in [3.05, 3.63) is 72.3 Å². The normalized spacial score (nSPS) is 11.8. The van der Waals surface area contributed by atoms with Crippen LogP contribution in [0.15, 0.2) is 60.7 Å². The third-order valence-corrected chi connectivity index (χ3v) is 4.88. The molecule has 0 spiro atoms. The zero-order valence-corrected chi connectivity index (χ0v) is 14.8. The molecular weight excluding hydrogens is 374 g/mol. The van der Waals surface area contributed by atoms with Gasteiger partial charge in [0.15, 0.2) is 17.5 Å². The summed E-state index contributed by atoms with van der Waals surface area (Å²) in [6.45, 7) is 0. The maximum absolute atomic E-state index is 14.2. The van der Waals surface area contributed by atoms with Gasteiger partial charge in [-0.05, 0) is 36.4 Å². The number of halogens is 2. The molecule has 0 aliphatic carbocycles. The van der Waals surface area contributed by atoms with Crippen LogP contribution in [0, 0.1) is 11.6 Å². The minimum Gasteiger partial charge on any atom is -0.335 e. The van der Waals surface area contributed by atoms with Gasteiger partial charge in [0.1, 0.15) is 11.3 Å². The van der Waals surface area contributed by atoms with Gasteiger partial charge in [-0.25, -0.2) is 23.7 Å². The Labute approximate surface area is 161 Å². The molecule has 8 heteroatoms. The summed E-state index contributed by atoms with van der Waals surface area (Å²) in [6, 6.07) is 16.6. The molecule has 0 aliphatic rings. The Morgan fingerprint density at radius 1 is 0.759 bits per heavy atom. The lowest BCUT2D eigenvalue weighted by Crippen LogP contribution is -2.00. The second kappa shape index (κ2) is 5.71. The molecule has 6 aromatic rings. The smallest absolute Gasteiger partial charge is 0.214 e. The van der Waals surface area contributed by atoms with E-state index in [1.807, 2.05) is 24.3 Å². The molecule has 3 aromatic carbocycles. The minimum atomic E-state index is -0.425. The van der Waals surface area contributed by atoms with Crippen molar-refractivity contribution in [2.75, 3.05) is 0 Å². The van der Waals surface area contributed by atoms with Crippen LogP contribution in [0.1, 0.15) is 0 Å². The van der Waals surface area contributed by atoms with Crippen LogP contribution in [-0.2, 0) is 0 Å². The van der Waals surface area contributed by atoms with Crippen molar-refractivity contribution in [1.29, 1.82) is 0 Å². The predicted molar refractivity (Wildman–Crippen MR) is 106 cm³/mol. The molecule has 29 heavy (non-hydrogen) atoms. The third-order valence-electron chi connectivity index (χ3n) is 4.88. The van der Waals surface area contributed by atoms with E-state index in [1.54, 1.807) is 22.8 Å². The first-order chi connectivity index (χ1) is 14.2. The lowest BCUT2D eigenvalue weighted by Gasteiger charge is -2.03. The number of fused-ring (bicyclic) bond motifs is 3. The van der Waals surface area contributed by atoms with E-state index in [0.717, 1.165) is 11.0 Å². The number of benzene rings is 3. The highest BCUT2D eigenvalue weighted by Crippen LogP contribution is 2.29. The van der Waals surface area contributed by atoms with Crippen LogP contribution >= 0.6 is 0 Å². The third kappa shape index (κ3) is 2.35. The van der Waals surface area contributed by atoms with Crippen molar-refractivity contribution < 1.29 is 8.78 Å². The maximum atomic E-state index is 14.2. The number of hydrogen-bond donors (Lipinski definition) is 2. The van der Waals surface area contributed by atoms with E-state index in [1.165, 1.54) is 18.2 Å². The molecule has 0 radical (unpaired) electrons. The van der Waals surface area contributed by atoms with Crippen LogP contribution in [0.3, 0.4) is 0 Å². The number of imidazole rings is 3. The Hall–Kier alpha value is -4.07. The highest BCUT2D eigenvalue weighted by molar-refractivity contribution is 5.85. The first-order valence-electron chi connectivity index (χ1n) is 8.95. The van der Waals surface area contributed by atoms with Crippen molar-refractivity contribution in [2.45, 2.75) is 0 Å². The van der Waals surface area contributed by atoms with Gasteiger partial charge in [-0.1, -0.05) is 18.2 Å². The predicted octanol–water partition coefficient (Wildman–Crippen LogP) is 4.72. The first kappa shape index (κ1) is 15.9. The summed E-state index contributed by atoms with van der Waals surface area (Å²) in [7, 11) is 0. The highest BCUT2D eigenvalue weighted by atomic mass is 19.1. The van der Waals surface area contributed by atoms with Crippen molar-refractivity contribution in [3.8, 4) is 17.6 Å². The average Bonchev–Trinajstić information content (AvgIpc) is 3.41. The van der Waals surface area contributed by atoms with Crippen molar-refractivity contribution in [1.82, 2.24) is 29.5 Å². The quantitative estimate of drug-likeness (QED) is 0.452. The number of rotatable bonds is 2. The number of aromatic amines is 2. The van der Waals surface area contributed by atoms with Gasteiger partial charge in [0.2, 0.25) is 5.95 Å². The topological polar surface area (TPSA) is 75.2 Å². The second-order valence-electron chi connectivity index (χ2n) is 6.70. The van der Waals surface area contributed by atoms with Gasteiger partial charge in [-0.15, -0.1) is 0 Å². The average molecular weight is 386 g/mol. The fraction of sp³-hybridized carbons (Fsp3) is 0. The Morgan fingerprint density at radius 3 is 2.48 bits per heavy atom. The van der Waals surface area contributed by atoms with E-state index >= 15 is 0 Å². The fourth-order valence-corrected chi connectivity index (χ4v) is 3.58. The molecule has 0 amide bonds. The van der Waals surface area contributed by atoms with Gasteiger partial charge in [-0.3, -0.25) is 4.57 Å². The van der Waals surface area contributed by atoms with Crippen LogP contribution in [0.25, 0.3) is 50.7 Å². The van der Waals surface area contributed by atoms with Gasteiger partial charge in [-0.2, -0.15) is 0 Å². The van der Waals surface area contributed by atoms with Gasteiger partial charge in [0.25, 0.3) is 0 Å². The molecule has 0 unspecified atom stereocenters. The van der Waals surface area contributed by atoms with Gasteiger partial charge >= 0.3 is 0 Å². The van der Waals surface area contributed by atoms with Gasteiger partial charge in [0.05, 0.1) is 27.6 Å². The number of H-pyrrole nitrogens is 2. The zero-order valence-electron chi connectivity index (χ0n) is 14.8. The number of nitrogens with zero attached hydrogens (tertiary/aromatic N) is 4. The molecule has 3 heterocycles. The Morgan fingerprint density at radius 2 is 1.62 bits per heavy atom. The largest absolute Gasteiger partial charge is 0.335 e. The summed E-state index contributed by atoms with van der Waals surface area (Å²) >= 11 is 0. The van der Waals surface area contributed by atoms with Crippen LogP contribution < -0.4 is 0 Å². The van der Waals surface area contributed by atoms with Crippen LogP contribution in [0.4, 0.5) is 8.78 Å². The fourth-order valence-electron chi connectivity index (χ4n) is 3.58. The van der Waals surface area contributed by atoms with Gasteiger partial charge in [0, 0.05) is 6.07 Å². The van der Waals surface area contributed by atoms with E-state index in [0.29, 0.717) is 34.1 Å². The Bertz CT molecular complexity index is 1510. The van der Waals surface area contributed by atoms with Crippen molar-refractivity contribution in [3.63, 3.8) is 0 Å². The number of para-hydroxylation sites is 3. The Kier molecular flexibility index (Phi) is 3.14. The lowest BCUT2D eigenvalue weighted by atomic mass is 10.3. The number of hydrogen-bond acceptors (Lipinski definition) is 3. The summed E-state index contributed by atoms with van der Waals surface area (Å²) < 4.78 is 29.7. The molecule has 0 atom stereocenters. The maximum Gasteiger partial charge on any atom is 0.214 e. The van der Waals surface area contributed by atoms with Crippen LogP contribution in [0.5, 0.6) is 0 Å². The van der Waals surface area contributed by atoms with E-state index in [9.17, 15) is 8.78 Å². The van der Waals surface area contributed by atoms with Crippen LogP contribution in [-0.4, -0.2) is 29.5 Å². The first-order valence-corrected chi connectivity index (χ1v) is 8.95. The lowest BCUT2D eigenvalue weighted by molar-refractivity contribution is 0.629. The molecular formula is C21H12F2N6. The summed E-state index contributed by atoms with van der Waals surface area (Å²) in [5.41, 5.74) is 3.48. The second-order valence-corrected chi connectivity index (χ2v) is 6.70. The molecule has 0 aliphatic heterocycles. The van der Waals surface area contributed by atoms with E-state index in [-0.39, 0.29) is 5.52 Å². The standard InChI is InChI=1S/C21H12F2N6/c22-11-8-9-17-16(10-11)26-20(19-24-13-5-1-2-6-14(13)25-19)29(17)21-27-15-7-3-4-12(23)18(15)28-21/h1-10H,(H,24,25)(H,27,28).